The van der Waals surface area contributed by atoms with Gasteiger partial charge in [0.25, 0.3) is 0 Å². The lowest BCUT2D eigenvalue weighted by atomic mass is 9.98. The van der Waals surface area contributed by atoms with Crippen LogP contribution in [0.3, 0.4) is 0 Å². The molecule has 2 aromatic heterocycles. The van der Waals surface area contributed by atoms with E-state index in [4.69, 9.17) is 0 Å². The second-order valence-electron chi connectivity index (χ2n) is 7.15. The molecule has 1 N–H and O–H groups in total. The number of hydrogen-bond donors (Lipinski definition) is 1. The minimum absolute atomic E-state index is 0.133. The van der Waals surface area contributed by atoms with Gasteiger partial charge in [0.05, 0.1) is 0 Å². The molecule has 136 valence electrons. The van der Waals surface area contributed by atoms with Crippen LogP contribution >= 0.6 is 0 Å². The van der Waals surface area contributed by atoms with Crippen LogP contribution in [0.1, 0.15) is 18.4 Å². The van der Waals surface area contributed by atoms with E-state index in [9.17, 15) is 9.90 Å². The molecule has 0 aliphatic carbocycles. The first-order chi connectivity index (χ1) is 12.7. The Hall–Kier alpha value is -2.44. The number of pyridine rings is 1. The van der Waals surface area contributed by atoms with Crippen molar-refractivity contribution in [1.29, 1.82) is 0 Å². The maximum atomic E-state index is 12.5. The standard InChI is InChI=1S/C20H24N4O2/c1-22-20(26)24-13-17(16-7-3-2-4-8-16)10-18(19(24)21-22)12-23-9-5-6-15(11-23)14-25/h2-4,7-8,10,13,15,25H,5-6,9,11-12,14H2,1H3/t15-/m0/s1. The molecule has 1 atom stereocenters. The molecule has 1 saturated heterocycles. The Balaban J connectivity index is 1.77. The van der Waals surface area contributed by atoms with Crippen molar-refractivity contribution in [1.82, 2.24) is 19.1 Å². The molecule has 0 amide bonds. The number of rotatable bonds is 4. The molecule has 1 aliphatic rings. The Morgan fingerprint density at radius 2 is 2.04 bits per heavy atom. The maximum absolute atomic E-state index is 12.5. The van der Waals surface area contributed by atoms with Crippen LogP contribution in [0.4, 0.5) is 0 Å². The van der Waals surface area contributed by atoms with Crippen LogP contribution in [-0.2, 0) is 13.6 Å². The van der Waals surface area contributed by atoms with Gasteiger partial charge in [0.2, 0.25) is 0 Å². The number of aliphatic hydroxyl groups is 1. The van der Waals surface area contributed by atoms with Gasteiger partial charge in [-0.15, -0.1) is 5.10 Å². The zero-order chi connectivity index (χ0) is 18.1. The van der Waals surface area contributed by atoms with Gasteiger partial charge < -0.3 is 5.11 Å². The van der Waals surface area contributed by atoms with Gasteiger partial charge >= 0.3 is 5.69 Å². The highest BCUT2D eigenvalue weighted by Gasteiger charge is 2.21. The molecule has 3 aromatic rings. The topological polar surface area (TPSA) is 62.8 Å². The summed E-state index contributed by atoms with van der Waals surface area (Å²) in [7, 11) is 1.68. The van der Waals surface area contributed by atoms with E-state index in [1.165, 1.54) is 4.68 Å². The van der Waals surface area contributed by atoms with Gasteiger partial charge in [-0.3, -0.25) is 4.90 Å². The average Bonchev–Trinajstić information content (AvgIpc) is 2.97. The summed E-state index contributed by atoms with van der Waals surface area (Å²) in [6, 6.07) is 12.2. The van der Waals surface area contributed by atoms with E-state index in [1.807, 2.05) is 24.4 Å². The largest absolute Gasteiger partial charge is 0.396 e. The minimum atomic E-state index is -0.133. The molecule has 0 bridgehead atoms. The molecule has 26 heavy (non-hydrogen) atoms. The Morgan fingerprint density at radius 3 is 2.81 bits per heavy atom. The maximum Gasteiger partial charge on any atom is 0.350 e. The van der Waals surface area contributed by atoms with E-state index < -0.39 is 0 Å². The summed E-state index contributed by atoms with van der Waals surface area (Å²) < 4.78 is 3.03. The Morgan fingerprint density at radius 1 is 1.23 bits per heavy atom. The highest BCUT2D eigenvalue weighted by molar-refractivity contribution is 5.66. The fourth-order valence-electron chi connectivity index (χ4n) is 3.83. The number of aliphatic hydroxyl groups excluding tert-OH is 1. The third-order valence-corrected chi connectivity index (χ3v) is 5.20. The van der Waals surface area contributed by atoms with Crippen LogP contribution < -0.4 is 5.69 Å². The monoisotopic (exact) mass is 352 g/mol. The van der Waals surface area contributed by atoms with E-state index >= 15 is 0 Å². The summed E-state index contributed by atoms with van der Waals surface area (Å²) >= 11 is 0. The van der Waals surface area contributed by atoms with Gasteiger partial charge in [-0.1, -0.05) is 30.3 Å². The summed E-state index contributed by atoms with van der Waals surface area (Å²) in [6.45, 7) is 2.86. The number of fused-ring (bicyclic) bond motifs is 1. The summed E-state index contributed by atoms with van der Waals surface area (Å²) in [4.78, 5) is 14.8. The van der Waals surface area contributed by atoms with Crippen LogP contribution in [0, 0.1) is 5.92 Å². The summed E-state index contributed by atoms with van der Waals surface area (Å²) in [5, 5.41) is 13.9. The summed E-state index contributed by atoms with van der Waals surface area (Å²) in [5.41, 5.74) is 3.72. The van der Waals surface area contributed by atoms with Crippen LogP contribution in [-0.4, -0.2) is 43.9 Å². The lowest BCUT2D eigenvalue weighted by Gasteiger charge is -2.31. The summed E-state index contributed by atoms with van der Waals surface area (Å²) in [6.07, 6.45) is 4.04. The molecule has 0 saturated carbocycles. The van der Waals surface area contributed by atoms with Crippen molar-refractivity contribution >= 4 is 5.65 Å². The van der Waals surface area contributed by atoms with Gasteiger partial charge in [-0.2, -0.15) is 0 Å². The molecular weight excluding hydrogens is 328 g/mol. The molecule has 0 spiro atoms. The Labute approximate surface area is 152 Å². The normalized spacial score (nSPS) is 18.5. The van der Waals surface area contributed by atoms with E-state index in [0.717, 1.165) is 49.2 Å². The molecule has 0 unspecified atom stereocenters. The van der Waals surface area contributed by atoms with Crippen LogP contribution in [0.15, 0.2) is 47.4 Å². The number of aromatic nitrogens is 3. The van der Waals surface area contributed by atoms with Crippen molar-refractivity contribution < 1.29 is 5.11 Å². The number of likely N-dealkylation sites (tertiary alicyclic amines) is 1. The molecule has 1 fully saturated rings. The van der Waals surface area contributed by atoms with Gasteiger partial charge in [0, 0.05) is 38.5 Å². The first-order valence-corrected chi connectivity index (χ1v) is 9.12. The number of hydrogen-bond acceptors (Lipinski definition) is 4. The molecule has 3 heterocycles. The zero-order valence-electron chi connectivity index (χ0n) is 15.0. The average molecular weight is 352 g/mol. The van der Waals surface area contributed by atoms with Crippen molar-refractivity contribution in [3.63, 3.8) is 0 Å². The van der Waals surface area contributed by atoms with Gasteiger partial charge in [-0.05, 0) is 42.5 Å². The summed E-state index contributed by atoms with van der Waals surface area (Å²) in [5.74, 6) is 0.336. The number of piperidine rings is 1. The van der Waals surface area contributed by atoms with E-state index in [0.29, 0.717) is 11.6 Å². The van der Waals surface area contributed by atoms with Crippen molar-refractivity contribution in [3.05, 3.63) is 58.6 Å². The van der Waals surface area contributed by atoms with Crippen molar-refractivity contribution in [2.45, 2.75) is 19.4 Å². The Bertz CT molecular complexity index is 961. The smallest absolute Gasteiger partial charge is 0.350 e. The zero-order valence-corrected chi connectivity index (χ0v) is 15.0. The molecule has 6 heteroatoms. The molecule has 1 aliphatic heterocycles. The number of aryl methyl sites for hydroxylation is 1. The molecule has 4 rings (SSSR count). The molecule has 6 nitrogen and oxygen atoms in total. The third kappa shape index (κ3) is 3.18. The molecule has 0 radical (unpaired) electrons. The van der Waals surface area contributed by atoms with Crippen LogP contribution in [0.5, 0.6) is 0 Å². The third-order valence-electron chi connectivity index (χ3n) is 5.20. The fourth-order valence-corrected chi connectivity index (χ4v) is 3.83. The first kappa shape index (κ1) is 17.0. The number of nitrogens with zero attached hydrogens (tertiary/aromatic N) is 4. The fraction of sp³-hybridized carbons (Fsp3) is 0.400. The molecular formula is C20H24N4O2. The van der Waals surface area contributed by atoms with E-state index in [2.05, 4.69) is 28.2 Å². The minimum Gasteiger partial charge on any atom is -0.396 e. The second-order valence-corrected chi connectivity index (χ2v) is 7.15. The van der Waals surface area contributed by atoms with E-state index in [-0.39, 0.29) is 12.3 Å². The highest BCUT2D eigenvalue weighted by Crippen LogP contribution is 2.24. The number of benzene rings is 1. The molecule has 1 aromatic carbocycles. The lowest BCUT2D eigenvalue weighted by molar-refractivity contribution is 0.116. The van der Waals surface area contributed by atoms with Gasteiger partial charge in [-0.25, -0.2) is 13.9 Å². The SMILES string of the molecule is Cn1nc2c(CN3CCC[C@H](CO)C3)cc(-c3ccccc3)cn2c1=O. The predicted octanol–water partition coefficient (Wildman–Crippen LogP) is 1.90. The van der Waals surface area contributed by atoms with Crippen LogP contribution in [0.2, 0.25) is 0 Å². The van der Waals surface area contributed by atoms with Gasteiger partial charge in [0.15, 0.2) is 5.65 Å². The lowest BCUT2D eigenvalue weighted by Crippen LogP contribution is -2.36. The van der Waals surface area contributed by atoms with Gasteiger partial charge in [0.1, 0.15) is 0 Å². The second kappa shape index (κ2) is 7.05. The van der Waals surface area contributed by atoms with Crippen molar-refractivity contribution in [3.8, 4) is 11.1 Å². The highest BCUT2D eigenvalue weighted by atomic mass is 16.3. The quantitative estimate of drug-likeness (QED) is 0.779. The first-order valence-electron chi connectivity index (χ1n) is 9.12. The van der Waals surface area contributed by atoms with Crippen molar-refractivity contribution in [2.24, 2.45) is 13.0 Å². The Kier molecular flexibility index (Phi) is 4.61. The van der Waals surface area contributed by atoms with Crippen LogP contribution in [0.25, 0.3) is 16.8 Å². The van der Waals surface area contributed by atoms with E-state index in [1.54, 1.807) is 11.4 Å². The predicted molar refractivity (Wildman–Crippen MR) is 101 cm³/mol. The van der Waals surface area contributed by atoms with Crippen molar-refractivity contribution in [2.75, 3.05) is 19.7 Å².